The second kappa shape index (κ2) is 11.4. The van der Waals surface area contributed by atoms with Gasteiger partial charge in [0.25, 0.3) is 0 Å². The SMILES string of the molecule is CCCCCCNS(=O)(=O)c1c(CCCCC)cc(OC)cc1OC. The summed E-state index contributed by atoms with van der Waals surface area (Å²) in [5.41, 5.74) is 0.755. The molecule has 0 aliphatic rings. The first-order valence-corrected chi connectivity index (χ1v) is 10.7. The van der Waals surface area contributed by atoms with Crippen molar-refractivity contribution in [1.82, 2.24) is 4.72 Å². The first-order chi connectivity index (χ1) is 12.0. The molecule has 0 spiro atoms. The zero-order valence-corrected chi connectivity index (χ0v) is 16.9. The Labute approximate surface area is 153 Å². The van der Waals surface area contributed by atoms with Crippen LogP contribution in [-0.4, -0.2) is 29.2 Å². The molecule has 0 saturated carbocycles. The average molecular weight is 372 g/mol. The molecule has 0 aliphatic heterocycles. The van der Waals surface area contributed by atoms with Gasteiger partial charge >= 0.3 is 0 Å². The number of hydrogen-bond donors (Lipinski definition) is 1. The third-order valence-corrected chi connectivity index (χ3v) is 5.79. The highest BCUT2D eigenvalue weighted by Crippen LogP contribution is 2.33. The van der Waals surface area contributed by atoms with Crippen LogP contribution in [0.4, 0.5) is 0 Å². The molecule has 0 atom stereocenters. The first-order valence-electron chi connectivity index (χ1n) is 9.24. The van der Waals surface area contributed by atoms with Crippen LogP contribution in [0.1, 0.15) is 64.4 Å². The van der Waals surface area contributed by atoms with Gasteiger partial charge in [0.15, 0.2) is 0 Å². The van der Waals surface area contributed by atoms with Gasteiger partial charge in [-0.15, -0.1) is 0 Å². The Balaban J connectivity index is 3.07. The third-order valence-electron chi connectivity index (χ3n) is 4.20. The molecule has 0 fully saturated rings. The van der Waals surface area contributed by atoms with Crippen LogP contribution in [0, 0.1) is 0 Å². The van der Waals surface area contributed by atoms with Gasteiger partial charge in [-0.2, -0.15) is 0 Å². The van der Waals surface area contributed by atoms with Crippen LogP contribution in [0.25, 0.3) is 0 Å². The number of methoxy groups -OCH3 is 2. The van der Waals surface area contributed by atoms with Gasteiger partial charge < -0.3 is 9.47 Å². The maximum absolute atomic E-state index is 12.9. The van der Waals surface area contributed by atoms with E-state index >= 15 is 0 Å². The van der Waals surface area contributed by atoms with Crippen molar-refractivity contribution in [3.05, 3.63) is 17.7 Å². The van der Waals surface area contributed by atoms with Crippen molar-refractivity contribution in [1.29, 1.82) is 0 Å². The standard InChI is InChI=1S/C19H33NO4S/c1-5-7-9-11-13-20-25(21,22)19-16(12-10-8-6-2)14-17(23-3)15-18(19)24-4/h14-15,20H,5-13H2,1-4H3. The molecule has 1 rings (SSSR count). The van der Waals surface area contributed by atoms with E-state index in [9.17, 15) is 8.42 Å². The van der Waals surface area contributed by atoms with E-state index in [0.29, 0.717) is 24.5 Å². The van der Waals surface area contributed by atoms with Crippen LogP contribution < -0.4 is 14.2 Å². The average Bonchev–Trinajstić information content (AvgIpc) is 2.60. The van der Waals surface area contributed by atoms with E-state index in [-0.39, 0.29) is 4.90 Å². The quantitative estimate of drug-likeness (QED) is 0.525. The summed E-state index contributed by atoms with van der Waals surface area (Å²) in [4.78, 5) is 0.252. The highest BCUT2D eigenvalue weighted by atomic mass is 32.2. The van der Waals surface area contributed by atoms with Crippen molar-refractivity contribution >= 4 is 10.0 Å². The van der Waals surface area contributed by atoms with Gasteiger partial charge in [-0.25, -0.2) is 13.1 Å². The molecule has 1 aromatic carbocycles. The molecule has 0 amide bonds. The molecule has 0 aromatic heterocycles. The zero-order chi connectivity index (χ0) is 18.7. The minimum Gasteiger partial charge on any atom is -0.497 e. The number of ether oxygens (including phenoxy) is 2. The molecule has 0 aliphatic carbocycles. The zero-order valence-electron chi connectivity index (χ0n) is 16.1. The molecule has 1 N–H and O–H groups in total. The maximum Gasteiger partial charge on any atom is 0.244 e. The molecule has 0 unspecified atom stereocenters. The summed E-state index contributed by atoms with van der Waals surface area (Å²) in [6.07, 6.45) is 7.89. The minimum absolute atomic E-state index is 0.252. The lowest BCUT2D eigenvalue weighted by Crippen LogP contribution is -2.26. The lowest BCUT2D eigenvalue weighted by molar-refractivity contribution is 0.384. The largest absolute Gasteiger partial charge is 0.497 e. The fraction of sp³-hybridized carbons (Fsp3) is 0.684. The number of sulfonamides is 1. The number of aryl methyl sites for hydroxylation is 1. The fourth-order valence-electron chi connectivity index (χ4n) is 2.79. The van der Waals surface area contributed by atoms with E-state index in [0.717, 1.165) is 50.5 Å². The van der Waals surface area contributed by atoms with Gasteiger partial charge in [-0.1, -0.05) is 46.0 Å². The molecular weight excluding hydrogens is 338 g/mol. The summed E-state index contributed by atoms with van der Waals surface area (Å²) in [6, 6.07) is 3.44. The number of rotatable bonds is 13. The van der Waals surface area contributed by atoms with E-state index in [1.807, 2.05) is 6.07 Å². The van der Waals surface area contributed by atoms with Gasteiger partial charge in [0.1, 0.15) is 16.4 Å². The molecule has 5 nitrogen and oxygen atoms in total. The van der Waals surface area contributed by atoms with Crippen LogP contribution in [0.5, 0.6) is 11.5 Å². The predicted molar refractivity (Wildman–Crippen MR) is 102 cm³/mol. The van der Waals surface area contributed by atoms with Gasteiger partial charge in [-0.05, 0) is 30.9 Å². The number of nitrogens with one attached hydrogen (secondary N) is 1. The molecule has 0 radical (unpaired) electrons. The molecular formula is C19H33NO4S. The number of hydrogen-bond acceptors (Lipinski definition) is 4. The van der Waals surface area contributed by atoms with Crippen LogP contribution in [0.3, 0.4) is 0 Å². The van der Waals surface area contributed by atoms with Crippen LogP contribution >= 0.6 is 0 Å². The molecule has 6 heteroatoms. The molecule has 0 bridgehead atoms. The summed E-state index contributed by atoms with van der Waals surface area (Å²) < 4.78 is 39.1. The van der Waals surface area contributed by atoms with Crippen molar-refractivity contribution in [3.63, 3.8) is 0 Å². The first kappa shape index (κ1) is 21.8. The van der Waals surface area contributed by atoms with E-state index in [4.69, 9.17) is 9.47 Å². The van der Waals surface area contributed by atoms with Crippen molar-refractivity contribution < 1.29 is 17.9 Å². The van der Waals surface area contributed by atoms with E-state index in [1.165, 1.54) is 7.11 Å². The molecule has 25 heavy (non-hydrogen) atoms. The van der Waals surface area contributed by atoms with E-state index in [2.05, 4.69) is 18.6 Å². The second-order valence-electron chi connectivity index (χ2n) is 6.23. The van der Waals surface area contributed by atoms with Gasteiger partial charge in [0, 0.05) is 12.6 Å². The summed E-state index contributed by atoms with van der Waals surface area (Å²) >= 11 is 0. The highest BCUT2D eigenvalue weighted by molar-refractivity contribution is 7.89. The van der Waals surface area contributed by atoms with Crippen molar-refractivity contribution in [3.8, 4) is 11.5 Å². The molecule has 0 heterocycles. The molecule has 1 aromatic rings. The topological polar surface area (TPSA) is 64.6 Å². The third kappa shape index (κ3) is 6.86. The van der Waals surface area contributed by atoms with Crippen molar-refractivity contribution in [2.24, 2.45) is 0 Å². The van der Waals surface area contributed by atoms with E-state index in [1.54, 1.807) is 13.2 Å². The highest BCUT2D eigenvalue weighted by Gasteiger charge is 2.24. The predicted octanol–water partition coefficient (Wildman–Crippen LogP) is 4.30. The normalized spacial score (nSPS) is 11.5. The van der Waals surface area contributed by atoms with Crippen LogP contribution in [-0.2, 0) is 16.4 Å². The minimum atomic E-state index is -3.61. The molecule has 144 valence electrons. The summed E-state index contributed by atoms with van der Waals surface area (Å²) in [6.45, 7) is 4.71. The van der Waals surface area contributed by atoms with Gasteiger partial charge in [0.05, 0.1) is 14.2 Å². The van der Waals surface area contributed by atoms with Crippen molar-refractivity contribution in [2.75, 3.05) is 20.8 Å². The van der Waals surface area contributed by atoms with Crippen molar-refractivity contribution in [2.45, 2.75) is 70.1 Å². The van der Waals surface area contributed by atoms with E-state index < -0.39 is 10.0 Å². The van der Waals surface area contributed by atoms with Gasteiger partial charge in [-0.3, -0.25) is 0 Å². The Hall–Kier alpha value is -1.27. The Kier molecular flexibility index (Phi) is 9.90. The monoisotopic (exact) mass is 371 g/mol. The smallest absolute Gasteiger partial charge is 0.244 e. The fourth-order valence-corrected chi connectivity index (χ4v) is 4.26. The summed E-state index contributed by atoms with van der Waals surface area (Å²) in [5.74, 6) is 0.956. The van der Waals surface area contributed by atoms with Crippen LogP contribution in [0.15, 0.2) is 17.0 Å². The Morgan fingerprint density at radius 3 is 2.20 bits per heavy atom. The number of benzene rings is 1. The number of unbranched alkanes of at least 4 members (excludes halogenated alkanes) is 5. The summed E-state index contributed by atoms with van der Waals surface area (Å²) in [7, 11) is -0.548. The lowest BCUT2D eigenvalue weighted by Gasteiger charge is -2.17. The second-order valence-corrected chi connectivity index (χ2v) is 7.94. The maximum atomic E-state index is 12.9. The van der Waals surface area contributed by atoms with Crippen LogP contribution in [0.2, 0.25) is 0 Å². The molecule has 0 saturated heterocycles. The Bertz CT molecular complexity index is 614. The van der Waals surface area contributed by atoms with Gasteiger partial charge in [0.2, 0.25) is 10.0 Å². The summed E-state index contributed by atoms with van der Waals surface area (Å²) in [5, 5.41) is 0. The Morgan fingerprint density at radius 2 is 1.60 bits per heavy atom. The lowest BCUT2D eigenvalue weighted by atomic mass is 10.1. The Morgan fingerprint density at radius 1 is 0.920 bits per heavy atom.